The highest BCUT2D eigenvalue weighted by molar-refractivity contribution is 7.85. The smallest absolute Gasteiger partial charge is 0.482 e. The Balaban J connectivity index is 0.000000727. The van der Waals surface area contributed by atoms with Gasteiger partial charge < -0.3 is 31.1 Å². The molecule has 0 radical (unpaired) electrons. The zero-order valence-electron chi connectivity index (χ0n) is 27.2. The molecule has 0 bridgehead atoms. The molecule has 15 heteroatoms. The molecule has 3 amide bonds. The summed E-state index contributed by atoms with van der Waals surface area (Å²) in [5.41, 5.74) is 8.65. The minimum Gasteiger partial charge on any atom is -0.482 e. The van der Waals surface area contributed by atoms with Crippen molar-refractivity contribution in [1.82, 2.24) is 4.90 Å². The second-order valence-electron chi connectivity index (χ2n) is 11.8. The fraction of sp³-hybridized carbons (Fsp3) is 0.371. The quantitative estimate of drug-likeness (QED) is 0.154. The number of carbonyl (C=O) groups excluding carboxylic acids is 3. The minimum absolute atomic E-state index is 0.0698. The van der Waals surface area contributed by atoms with Crippen LogP contribution in [0.25, 0.3) is 0 Å². The number of ether oxygens (including phenoxy) is 1. The second-order valence-corrected chi connectivity index (χ2v) is 13.4. The van der Waals surface area contributed by atoms with Crippen LogP contribution in [-0.2, 0) is 26.9 Å². The monoisotopic (exact) mass is 716 g/mol. The largest absolute Gasteiger partial charge is 0.490 e. The first-order valence-corrected chi connectivity index (χ1v) is 17.4. The Morgan fingerprint density at radius 3 is 2.18 bits per heavy atom. The third kappa shape index (κ3) is 11.4. The van der Waals surface area contributed by atoms with Gasteiger partial charge in [-0.2, -0.15) is 13.2 Å². The lowest BCUT2D eigenvalue weighted by Crippen LogP contribution is -2.33. The molecule has 0 spiro atoms. The summed E-state index contributed by atoms with van der Waals surface area (Å²) in [6.07, 6.45) is 2.06. The fourth-order valence-corrected chi connectivity index (χ4v) is 6.15. The van der Waals surface area contributed by atoms with Crippen LogP contribution in [0.4, 0.5) is 24.5 Å². The van der Waals surface area contributed by atoms with Gasteiger partial charge >= 0.3 is 12.1 Å². The summed E-state index contributed by atoms with van der Waals surface area (Å²) in [5.74, 6) is -2.19. The number of rotatable bonds is 14. The number of carbonyl (C=O) groups is 4. The van der Waals surface area contributed by atoms with E-state index in [1.54, 1.807) is 54.6 Å². The number of halogens is 3. The number of nitrogens with one attached hydrogen (secondary N) is 2. The third-order valence-electron chi connectivity index (χ3n) is 7.83. The molecule has 50 heavy (non-hydrogen) atoms. The Bertz CT molecular complexity index is 1680. The molecule has 11 nitrogen and oxygen atoms in total. The summed E-state index contributed by atoms with van der Waals surface area (Å²) in [4.78, 5) is 49.4. The van der Waals surface area contributed by atoms with E-state index in [2.05, 4.69) is 10.6 Å². The first kappa shape index (κ1) is 38.0. The molecule has 1 aliphatic heterocycles. The number of hydrogen-bond donors (Lipinski definition) is 4. The van der Waals surface area contributed by atoms with Crippen molar-refractivity contribution in [3.05, 3.63) is 83.4 Å². The van der Waals surface area contributed by atoms with E-state index in [4.69, 9.17) is 20.4 Å². The maximum absolute atomic E-state index is 13.4. The van der Waals surface area contributed by atoms with Crippen LogP contribution >= 0.6 is 0 Å². The Labute approximate surface area is 289 Å². The molecule has 1 heterocycles. The second kappa shape index (κ2) is 17.8. The Kier molecular flexibility index (Phi) is 13.5. The van der Waals surface area contributed by atoms with Crippen LogP contribution in [0.15, 0.2) is 71.6 Å². The van der Waals surface area contributed by atoms with Gasteiger partial charge in [0.05, 0.1) is 16.5 Å². The summed E-state index contributed by atoms with van der Waals surface area (Å²) < 4.78 is 49.8. The zero-order valence-corrected chi connectivity index (χ0v) is 28.0. The SMILES string of the molecule is NCCCCCCCS(=O)c1ccc(NC(=O)c2ccc(CN(C(=O)c3ccc4c(c3)OCC(=O)N4)C3CC3)cc2)cc1.O=C(O)C(F)(F)F. The van der Waals surface area contributed by atoms with E-state index in [1.165, 1.54) is 0 Å². The number of aliphatic carboxylic acids is 1. The highest BCUT2D eigenvalue weighted by Crippen LogP contribution is 2.33. The summed E-state index contributed by atoms with van der Waals surface area (Å²) in [6.45, 7) is 1.08. The third-order valence-corrected chi connectivity index (χ3v) is 9.29. The standard InChI is InChI=1S/C33H38N4O5S.C2HF3O2/c34-18-4-2-1-3-5-19-43(41)28-15-11-26(12-16-28)35-32(39)24-8-6-23(7-9-24)21-37(27-13-14-27)33(40)25-10-17-29-30(20-25)42-22-31(38)36-29;3-2(4,5)1(6)7/h6-12,15-17,20,27H,1-5,13-14,18-19,21-22,34H2,(H,35,39)(H,36,38);(H,6,7). The molecular weight excluding hydrogens is 677 g/mol. The number of nitrogens with zero attached hydrogens (tertiary/aromatic N) is 1. The van der Waals surface area contributed by atoms with Crippen molar-refractivity contribution in [2.45, 2.75) is 68.6 Å². The number of anilines is 2. The van der Waals surface area contributed by atoms with Crippen LogP contribution in [0.1, 0.15) is 71.2 Å². The van der Waals surface area contributed by atoms with Gasteiger partial charge in [-0.3, -0.25) is 18.6 Å². The maximum Gasteiger partial charge on any atom is 0.490 e. The van der Waals surface area contributed by atoms with Gasteiger partial charge in [0.1, 0.15) is 5.75 Å². The average Bonchev–Trinajstić information content (AvgIpc) is 3.94. The van der Waals surface area contributed by atoms with Crippen molar-refractivity contribution < 1.29 is 46.4 Å². The zero-order chi connectivity index (χ0) is 36.3. The lowest BCUT2D eigenvalue weighted by atomic mass is 10.1. The van der Waals surface area contributed by atoms with E-state index in [9.17, 15) is 31.8 Å². The van der Waals surface area contributed by atoms with Crippen molar-refractivity contribution in [3.8, 4) is 5.75 Å². The van der Waals surface area contributed by atoms with E-state index in [0.29, 0.717) is 40.5 Å². The molecule has 1 unspecified atom stereocenters. The van der Waals surface area contributed by atoms with Gasteiger partial charge in [0.25, 0.3) is 17.7 Å². The lowest BCUT2D eigenvalue weighted by molar-refractivity contribution is -0.192. The van der Waals surface area contributed by atoms with Crippen LogP contribution in [0, 0.1) is 0 Å². The number of carboxylic acid groups (broad SMARTS) is 1. The molecule has 1 fully saturated rings. The molecule has 2 aliphatic rings. The van der Waals surface area contributed by atoms with Crippen molar-refractivity contribution in [2.75, 3.05) is 29.5 Å². The molecule has 1 saturated carbocycles. The molecule has 1 atom stereocenters. The average molecular weight is 717 g/mol. The maximum atomic E-state index is 13.4. The van der Waals surface area contributed by atoms with E-state index >= 15 is 0 Å². The van der Waals surface area contributed by atoms with Crippen LogP contribution in [-0.4, -0.2) is 69.0 Å². The van der Waals surface area contributed by atoms with Crippen molar-refractivity contribution in [1.29, 1.82) is 0 Å². The normalized spacial score (nSPS) is 14.2. The van der Waals surface area contributed by atoms with Gasteiger partial charge in [-0.05, 0) is 92.4 Å². The van der Waals surface area contributed by atoms with E-state index < -0.39 is 22.9 Å². The lowest BCUT2D eigenvalue weighted by Gasteiger charge is -2.24. The first-order valence-electron chi connectivity index (χ1n) is 16.1. The van der Waals surface area contributed by atoms with Crippen molar-refractivity contribution in [2.24, 2.45) is 5.73 Å². The van der Waals surface area contributed by atoms with Crippen LogP contribution < -0.4 is 21.1 Å². The summed E-state index contributed by atoms with van der Waals surface area (Å²) >= 11 is 0. The molecule has 3 aromatic carbocycles. The van der Waals surface area contributed by atoms with Crippen molar-refractivity contribution >= 4 is 45.9 Å². The first-order chi connectivity index (χ1) is 23.8. The topological polar surface area (TPSA) is 168 Å². The number of alkyl halides is 3. The number of hydrogen-bond acceptors (Lipinski definition) is 7. The molecular formula is C35H39F3N4O7S. The predicted molar refractivity (Wildman–Crippen MR) is 181 cm³/mol. The van der Waals surface area contributed by atoms with E-state index in [1.807, 2.05) is 17.0 Å². The van der Waals surface area contributed by atoms with Crippen LogP contribution in [0.5, 0.6) is 5.75 Å². The molecule has 0 aromatic heterocycles. The highest BCUT2D eigenvalue weighted by Gasteiger charge is 2.38. The fourth-order valence-electron chi connectivity index (χ4n) is 5.00. The van der Waals surface area contributed by atoms with E-state index in [0.717, 1.165) is 61.9 Å². The molecule has 5 rings (SSSR count). The number of fused-ring (bicyclic) bond motifs is 1. The van der Waals surface area contributed by atoms with Crippen LogP contribution in [0.2, 0.25) is 0 Å². The molecule has 0 saturated heterocycles. The predicted octanol–water partition coefficient (Wildman–Crippen LogP) is 5.72. The van der Waals surface area contributed by atoms with Gasteiger partial charge in [0.2, 0.25) is 0 Å². The van der Waals surface area contributed by atoms with Gasteiger partial charge in [0.15, 0.2) is 6.61 Å². The minimum atomic E-state index is -5.08. The van der Waals surface area contributed by atoms with E-state index in [-0.39, 0.29) is 30.4 Å². The molecule has 3 aromatic rings. The van der Waals surface area contributed by atoms with Crippen LogP contribution in [0.3, 0.4) is 0 Å². The Morgan fingerprint density at radius 2 is 1.56 bits per heavy atom. The number of carboxylic acids is 1. The Morgan fingerprint density at radius 1 is 0.940 bits per heavy atom. The van der Waals surface area contributed by atoms with Crippen molar-refractivity contribution in [3.63, 3.8) is 0 Å². The van der Waals surface area contributed by atoms with Gasteiger partial charge in [-0.15, -0.1) is 0 Å². The van der Waals surface area contributed by atoms with Gasteiger partial charge in [-0.25, -0.2) is 4.79 Å². The summed E-state index contributed by atoms with van der Waals surface area (Å²) in [5, 5.41) is 12.8. The molecule has 1 aliphatic carbocycles. The highest BCUT2D eigenvalue weighted by atomic mass is 32.2. The number of nitrogens with two attached hydrogens (primary N) is 1. The van der Waals surface area contributed by atoms with Gasteiger partial charge in [0, 0.05) is 40.0 Å². The molecule has 268 valence electrons. The van der Waals surface area contributed by atoms with Gasteiger partial charge in [-0.1, -0.05) is 31.4 Å². The summed E-state index contributed by atoms with van der Waals surface area (Å²) in [7, 11) is -1.06. The molecule has 5 N–H and O–H groups in total. The summed E-state index contributed by atoms with van der Waals surface area (Å²) in [6, 6.07) is 19.7. The number of benzene rings is 3. The number of amides is 3. The Hall–Kier alpha value is -4.76. The number of unbranched alkanes of at least 4 members (excludes halogenated alkanes) is 4.